The molecule has 0 amide bonds. The van der Waals surface area contributed by atoms with Gasteiger partial charge in [0.25, 0.3) is 5.56 Å². The molecular formula is C32H44N6O4. The maximum atomic E-state index is 14.3. The molecule has 1 saturated heterocycles. The summed E-state index contributed by atoms with van der Waals surface area (Å²) in [6, 6.07) is 6.24. The number of likely N-dealkylation sites (N-methyl/N-ethyl adjacent to an activating group) is 1. The molecule has 2 aliphatic carbocycles. The molecule has 0 unspecified atom stereocenters. The van der Waals surface area contributed by atoms with Gasteiger partial charge < -0.3 is 19.7 Å². The fourth-order valence-corrected chi connectivity index (χ4v) is 6.15. The normalized spacial score (nSPS) is 22.4. The van der Waals surface area contributed by atoms with Crippen LogP contribution in [0.2, 0.25) is 0 Å². The number of aromatic nitrogens is 3. The lowest BCUT2D eigenvalue weighted by Gasteiger charge is -2.32. The van der Waals surface area contributed by atoms with Crippen molar-refractivity contribution in [2.75, 3.05) is 45.1 Å². The van der Waals surface area contributed by atoms with Crippen molar-refractivity contribution in [3.05, 3.63) is 40.3 Å². The number of nitrogens with one attached hydrogen (secondary N) is 1. The van der Waals surface area contributed by atoms with Gasteiger partial charge in [-0.1, -0.05) is 12.1 Å². The number of nitrogens with zero attached hydrogens (tertiary/aromatic N) is 5. The molecule has 1 aliphatic heterocycles. The maximum absolute atomic E-state index is 14.3. The maximum Gasteiger partial charge on any atom is 0.509 e. The lowest BCUT2D eigenvalue weighted by atomic mass is 9.92. The van der Waals surface area contributed by atoms with Crippen molar-refractivity contribution in [3.8, 4) is 0 Å². The predicted octanol–water partition coefficient (Wildman–Crippen LogP) is 4.95. The average molecular weight is 577 g/mol. The molecule has 2 aromatic heterocycles. The van der Waals surface area contributed by atoms with Crippen LogP contribution >= 0.6 is 0 Å². The summed E-state index contributed by atoms with van der Waals surface area (Å²) in [5, 5.41) is 5.88. The van der Waals surface area contributed by atoms with E-state index in [2.05, 4.69) is 45.3 Å². The van der Waals surface area contributed by atoms with E-state index in [1.165, 1.54) is 12.8 Å². The monoisotopic (exact) mass is 576 g/mol. The van der Waals surface area contributed by atoms with E-state index < -0.39 is 11.8 Å². The third-order valence-corrected chi connectivity index (χ3v) is 8.73. The highest BCUT2D eigenvalue weighted by molar-refractivity contribution is 6.04. The predicted molar refractivity (Wildman–Crippen MR) is 164 cm³/mol. The number of piperazine rings is 1. The Morgan fingerprint density at radius 2 is 1.74 bits per heavy atom. The number of pyridine rings is 1. The molecule has 226 valence electrons. The van der Waals surface area contributed by atoms with Crippen molar-refractivity contribution < 1.29 is 14.3 Å². The molecule has 1 aromatic carbocycles. The molecule has 0 bridgehead atoms. The van der Waals surface area contributed by atoms with Gasteiger partial charge in [0, 0.05) is 62.3 Å². The van der Waals surface area contributed by atoms with E-state index in [1.807, 2.05) is 31.5 Å². The van der Waals surface area contributed by atoms with Crippen LogP contribution in [0.25, 0.3) is 21.8 Å². The highest BCUT2D eigenvalue weighted by Crippen LogP contribution is 2.34. The number of benzene rings is 1. The molecular weight excluding hydrogens is 532 g/mol. The lowest BCUT2D eigenvalue weighted by Crippen LogP contribution is -2.43. The molecule has 3 fully saturated rings. The van der Waals surface area contributed by atoms with Gasteiger partial charge >= 0.3 is 6.16 Å². The summed E-state index contributed by atoms with van der Waals surface area (Å²) in [6.45, 7) is 11.3. The summed E-state index contributed by atoms with van der Waals surface area (Å²) < 4.78 is 12.9. The first-order valence-electron chi connectivity index (χ1n) is 15.5. The number of hydrogen-bond acceptors (Lipinski definition) is 9. The fraction of sp³-hybridized carbons (Fsp3) is 0.625. The van der Waals surface area contributed by atoms with Crippen molar-refractivity contribution in [2.24, 2.45) is 5.92 Å². The number of carbonyl (C=O) groups is 1. The molecule has 10 nitrogen and oxygen atoms in total. The first kappa shape index (κ1) is 28.9. The number of hydrogen-bond donors (Lipinski definition) is 1. The first-order valence-corrected chi connectivity index (χ1v) is 15.5. The summed E-state index contributed by atoms with van der Waals surface area (Å²) in [7, 11) is 2.16. The third-order valence-electron chi connectivity index (χ3n) is 8.73. The highest BCUT2D eigenvalue weighted by atomic mass is 16.7. The zero-order chi connectivity index (χ0) is 29.4. The Hall–Kier alpha value is -3.24. The minimum Gasteiger partial charge on any atom is -0.431 e. The highest BCUT2D eigenvalue weighted by Gasteiger charge is 2.30. The van der Waals surface area contributed by atoms with E-state index in [4.69, 9.17) is 14.5 Å². The number of ether oxygens (including phenoxy) is 2. The topological polar surface area (TPSA) is 102 Å². The summed E-state index contributed by atoms with van der Waals surface area (Å²) in [5.41, 5.74) is 1.21. The summed E-state index contributed by atoms with van der Waals surface area (Å²) in [5.74, 6) is 1.25. The van der Waals surface area contributed by atoms with Crippen molar-refractivity contribution in [3.63, 3.8) is 0 Å². The van der Waals surface area contributed by atoms with Crippen molar-refractivity contribution in [1.29, 1.82) is 0 Å². The summed E-state index contributed by atoms with van der Waals surface area (Å²) in [6.07, 6.45) is 6.24. The average Bonchev–Trinajstić information content (AvgIpc) is 3.78. The van der Waals surface area contributed by atoms with Gasteiger partial charge in [0.15, 0.2) is 0 Å². The molecule has 2 saturated carbocycles. The summed E-state index contributed by atoms with van der Waals surface area (Å²) >= 11 is 0. The SMILES string of the molecule is CN1CCN(Cc2ccc3c(c2)c(=O)n([C@H]2CC[C@H](OC(=O)OC(C)(C)C)CC2)c2nc(NCC4CC4)ncc32)CC1. The second-order valence-electron chi connectivity index (χ2n) is 13.4. The number of fused-ring (bicyclic) bond motifs is 3. The lowest BCUT2D eigenvalue weighted by molar-refractivity contribution is -0.0360. The van der Waals surface area contributed by atoms with Crippen molar-refractivity contribution >= 4 is 33.9 Å². The zero-order valence-electron chi connectivity index (χ0n) is 25.4. The van der Waals surface area contributed by atoms with Crippen LogP contribution in [0, 0.1) is 5.92 Å². The van der Waals surface area contributed by atoms with Crippen molar-refractivity contribution in [1.82, 2.24) is 24.3 Å². The molecule has 42 heavy (non-hydrogen) atoms. The van der Waals surface area contributed by atoms with Crippen LogP contribution in [0.1, 0.15) is 70.9 Å². The van der Waals surface area contributed by atoms with Crippen LogP contribution in [0.15, 0.2) is 29.2 Å². The molecule has 3 heterocycles. The fourth-order valence-electron chi connectivity index (χ4n) is 6.15. The largest absolute Gasteiger partial charge is 0.509 e. The molecule has 0 radical (unpaired) electrons. The molecule has 1 N–H and O–H groups in total. The molecule has 3 aliphatic rings. The van der Waals surface area contributed by atoms with E-state index in [0.717, 1.165) is 55.6 Å². The second kappa shape index (κ2) is 11.8. The molecule has 6 rings (SSSR count). The quantitative estimate of drug-likeness (QED) is 0.309. The Kier molecular flexibility index (Phi) is 8.11. The Balaban J connectivity index is 1.30. The zero-order valence-corrected chi connectivity index (χ0v) is 25.4. The molecule has 3 aromatic rings. The van der Waals surface area contributed by atoms with Crippen molar-refractivity contribution in [2.45, 2.75) is 83.6 Å². The minimum atomic E-state index is -0.633. The number of rotatable bonds is 7. The van der Waals surface area contributed by atoms with Gasteiger partial charge in [-0.05, 0) is 89.3 Å². The molecule has 0 spiro atoms. The van der Waals surface area contributed by atoms with Gasteiger partial charge in [-0.3, -0.25) is 14.3 Å². The van der Waals surface area contributed by atoms with Gasteiger partial charge in [0.2, 0.25) is 5.95 Å². The van der Waals surface area contributed by atoms with Gasteiger partial charge in [-0.2, -0.15) is 4.98 Å². The van der Waals surface area contributed by atoms with E-state index in [1.54, 1.807) is 0 Å². The number of anilines is 1. The third kappa shape index (κ3) is 6.70. The molecule has 0 atom stereocenters. The minimum absolute atomic E-state index is 0.0129. The van der Waals surface area contributed by atoms with Crippen LogP contribution in [0.4, 0.5) is 10.7 Å². The first-order chi connectivity index (χ1) is 20.1. The number of carbonyl (C=O) groups excluding carboxylic acids is 1. The van der Waals surface area contributed by atoms with Crippen LogP contribution < -0.4 is 10.9 Å². The Labute approximate surface area is 247 Å². The Morgan fingerprint density at radius 1 is 1.00 bits per heavy atom. The Morgan fingerprint density at radius 3 is 2.43 bits per heavy atom. The van der Waals surface area contributed by atoms with Crippen LogP contribution in [0.5, 0.6) is 0 Å². The van der Waals surface area contributed by atoms with Crippen LogP contribution in [0.3, 0.4) is 0 Å². The van der Waals surface area contributed by atoms with E-state index in [9.17, 15) is 9.59 Å². The standard InChI is InChI=1S/C32H44N6O4/c1-32(2,3)42-31(40)41-24-10-8-23(9-11-24)38-28-27(19-34-30(35-28)33-18-21-5-6-21)25-12-7-22(17-26(25)29(38)39)20-37-15-13-36(4)14-16-37/h7,12,17,19,21,23-24H,5-6,8-11,13-16,18,20H2,1-4H3,(H,33,34,35)/t23-,24-. The van der Waals surface area contributed by atoms with Crippen LogP contribution in [-0.4, -0.2) is 82.0 Å². The van der Waals surface area contributed by atoms with Gasteiger partial charge in [0.05, 0.1) is 0 Å². The van der Waals surface area contributed by atoms with Gasteiger partial charge in [-0.25, -0.2) is 9.78 Å². The Bertz CT molecular complexity index is 1490. The molecule has 10 heteroatoms. The summed E-state index contributed by atoms with van der Waals surface area (Å²) in [4.78, 5) is 40.9. The van der Waals surface area contributed by atoms with E-state index in [0.29, 0.717) is 48.6 Å². The van der Waals surface area contributed by atoms with Crippen LogP contribution in [-0.2, 0) is 16.0 Å². The van der Waals surface area contributed by atoms with E-state index >= 15 is 0 Å². The van der Waals surface area contributed by atoms with Gasteiger partial charge in [-0.15, -0.1) is 0 Å². The second-order valence-corrected chi connectivity index (χ2v) is 13.4. The van der Waals surface area contributed by atoms with E-state index in [-0.39, 0.29) is 17.7 Å². The smallest absolute Gasteiger partial charge is 0.431 e. The van der Waals surface area contributed by atoms with Gasteiger partial charge in [0.1, 0.15) is 17.4 Å².